The van der Waals surface area contributed by atoms with E-state index in [2.05, 4.69) is 4.98 Å². The van der Waals surface area contributed by atoms with Crippen molar-refractivity contribution in [3.8, 4) is 0 Å². The minimum absolute atomic E-state index is 0.0505. The summed E-state index contributed by atoms with van der Waals surface area (Å²) in [5.74, 6) is 0. The van der Waals surface area contributed by atoms with Crippen molar-refractivity contribution >= 4 is 34.1 Å². The number of aromatic nitrogens is 1. The van der Waals surface area contributed by atoms with Gasteiger partial charge in [-0.1, -0.05) is 0 Å². The van der Waals surface area contributed by atoms with Crippen LogP contribution < -0.4 is 11.5 Å². The predicted octanol–water partition coefficient (Wildman–Crippen LogP) is 2.68. The maximum atomic E-state index is 13.2. The van der Waals surface area contributed by atoms with Crippen LogP contribution in [0.4, 0.5) is 18.9 Å². The normalized spacial score (nSPS) is 15.6. The van der Waals surface area contributed by atoms with Crippen molar-refractivity contribution in [2.75, 3.05) is 19.3 Å². The molecule has 1 aliphatic rings. The van der Waals surface area contributed by atoms with Crippen LogP contribution in [0.5, 0.6) is 0 Å². The van der Waals surface area contributed by atoms with Gasteiger partial charge in [0.15, 0.2) is 0 Å². The van der Waals surface area contributed by atoms with Gasteiger partial charge in [0.05, 0.1) is 11.2 Å². The third-order valence-electron chi connectivity index (χ3n) is 4.73. The number of nitrogens with zero attached hydrogens (tertiary/aromatic N) is 2. The van der Waals surface area contributed by atoms with Crippen molar-refractivity contribution in [1.29, 1.82) is 10.8 Å². The number of alkyl halides is 3. The Morgan fingerprint density at radius 3 is 2.59 bits per heavy atom. The van der Waals surface area contributed by atoms with Gasteiger partial charge in [-0.05, 0) is 36.7 Å². The number of hydrogen-bond acceptors (Lipinski definition) is 6. The van der Waals surface area contributed by atoms with E-state index in [1.165, 1.54) is 0 Å². The summed E-state index contributed by atoms with van der Waals surface area (Å²) in [4.78, 5) is 6.36. The number of nitrogens with two attached hydrogens (primary N) is 2. The minimum atomic E-state index is -4.84. The van der Waals surface area contributed by atoms with Gasteiger partial charge in [0.25, 0.3) is 0 Å². The number of anilines is 1. The molecule has 0 bridgehead atoms. The molecule has 2 heterocycles. The van der Waals surface area contributed by atoms with E-state index in [-0.39, 0.29) is 5.69 Å². The third kappa shape index (κ3) is 3.14. The highest BCUT2D eigenvalue weighted by Gasteiger charge is 2.39. The highest BCUT2D eigenvalue weighted by molar-refractivity contribution is 6.25. The number of likely N-dealkylation sites (N-methyl/N-ethyl adjacent to an activating group) is 1. The van der Waals surface area contributed by atoms with E-state index in [0.717, 1.165) is 18.0 Å². The van der Waals surface area contributed by atoms with Crippen molar-refractivity contribution in [3.63, 3.8) is 0 Å². The lowest BCUT2D eigenvalue weighted by Crippen LogP contribution is -2.30. The van der Waals surface area contributed by atoms with Crippen LogP contribution in [0.1, 0.15) is 22.4 Å². The second-order valence-electron chi connectivity index (χ2n) is 6.47. The number of benzene rings is 1. The first-order chi connectivity index (χ1) is 12.7. The first-order valence-corrected chi connectivity index (χ1v) is 8.20. The van der Waals surface area contributed by atoms with Crippen LogP contribution in [0.25, 0.3) is 16.5 Å². The lowest BCUT2D eigenvalue weighted by Gasteiger charge is -2.29. The number of rotatable bonds is 3. The zero-order chi connectivity index (χ0) is 19.9. The fourth-order valence-corrected chi connectivity index (χ4v) is 3.43. The second-order valence-corrected chi connectivity index (χ2v) is 6.47. The lowest BCUT2D eigenvalue weighted by molar-refractivity contribution is -0.0578. The first kappa shape index (κ1) is 18.8. The third-order valence-corrected chi connectivity index (χ3v) is 4.73. The summed E-state index contributed by atoms with van der Waals surface area (Å²) < 4.78 is 39.5. The summed E-state index contributed by atoms with van der Waals surface area (Å²) in [6, 6.07) is 3.19. The Morgan fingerprint density at radius 1 is 1.30 bits per heavy atom. The first-order valence-electron chi connectivity index (χ1n) is 8.20. The fraction of sp³-hybridized carbons (Fsp3) is 0.278. The highest BCUT2D eigenvalue weighted by atomic mass is 19.4. The molecule has 1 aromatic heterocycles. The molecule has 1 aromatic carbocycles. The molecule has 0 fully saturated rings. The SMILES string of the molecule is CN1CCc2c(c(/C(=C/N)C(=N)C(F)(F)F)nc3ccc(N)c(C=N)c23)C1. The second kappa shape index (κ2) is 6.66. The zero-order valence-electron chi connectivity index (χ0n) is 14.6. The van der Waals surface area contributed by atoms with Crippen LogP contribution >= 0.6 is 0 Å². The predicted molar refractivity (Wildman–Crippen MR) is 100 cm³/mol. The van der Waals surface area contributed by atoms with Gasteiger partial charge in [-0.2, -0.15) is 13.2 Å². The van der Waals surface area contributed by atoms with Crippen LogP contribution in [0.15, 0.2) is 18.3 Å². The summed E-state index contributed by atoms with van der Waals surface area (Å²) in [6.07, 6.45) is -2.35. The van der Waals surface area contributed by atoms with Crippen LogP contribution in [-0.2, 0) is 13.0 Å². The molecule has 9 heteroatoms. The van der Waals surface area contributed by atoms with Crippen LogP contribution in [0.3, 0.4) is 0 Å². The molecule has 2 aromatic rings. The summed E-state index contributed by atoms with van der Waals surface area (Å²) in [7, 11) is 1.86. The molecule has 0 saturated carbocycles. The van der Waals surface area contributed by atoms with Crippen molar-refractivity contribution in [2.24, 2.45) is 5.73 Å². The fourth-order valence-electron chi connectivity index (χ4n) is 3.43. The van der Waals surface area contributed by atoms with Gasteiger partial charge in [0.1, 0.15) is 5.71 Å². The Bertz CT molecular complexity index is 977. The quantitative estimate of drug-likeness (QED) is 0.487. The zero-order valence-corrected chi connectivity index (χ0v) is 14.6. The van der Waals surface area contributed by atoms with Gasteiger partial charge in [-0.3, -0.25) is 5.41 Å². The highest BCUT2D eigenvalue weighted by Crippen LogP contribution is 2.36. The Labute approximate surface area is 153 Å². The Hall–Kier alpha value is -2.94. The molecule has 0 amide bonds. The molecule has 0 radical (unpaired) electrons. The van der Waals surface area contributed by atoms with Gasteiger partial charge in [-0.25, -0.2) is 4.98 Å². The standard InChI is InChI=1S/C18H19F3N6/c1-27-5-4-9-12(8-27)16(11(7-23)17(25)18(19,20)21)26-14-3-2-13(24)10(6-22)15(9)14/h2-3,6-7,22,25H,4-5,8,23-24H2,1H3/b11-7-,22-6?,25-17?. The molecule has 6 N–H and O–H groups in total. The molecule has 3 rings (SSSR count). The number of nitrogens with one attached hydrogen (secondary N) is 2. The number of pyridine rings is 1. The summed E-state index contributed by atoms with van der Waals surface area (Å²) in [6.45, 7) is 1.07. The van der Waals surface area contributed by atoms with Gasteiger partial charge < -0.3 is 21.8 Å². The van der Waals surface area contributed by atoms with E-state index in [4.69, 9.17) is 22.3 Å². The van der Waals surface area contributed by atoms with E-state index in [1.807, 2.05) is 11.9 Å². The Balaban J connectivity index is 2.38. The molecule has 0 spiro atoms. The smallest absolute Gasteiger partial charge is 0.404 e. The molecule has 0 saturated heterocycles. The number of halogens is 3. The van der Waals surface area contributed by atoms with E-state index in [9.17, 15) is 13.2 Å². The molecular weight excluding hydrogens is 357 g/mol. The van der Waals surface area contributed by atoms with Gasteiger partial charge in [-0.15, -0.1) is 0 Å². The number of fused-ring (bicyclic) bond motifs is 3. The van der Waals surface area contributed by atoms with E-state index < -0.39 is 17.5 Å². The maximum Gasteiger partial charge on any atom is 0.433 e. The van der Waals surface area contributed by atoms with Crippen LogP contribution in [-0.4, -0.2) is 41.6 Å². The molecule has 0 atom stereocenters. The average Bonchev–Trinajstić information content (AvgIpc) is 2.61. The molecule has 142 valence electrons. The average molecular weight is 376 g/mol. The Kier molecular flexibility index (Phi) is 4.64. The summed E-state index contributed by atoms with van der Waals surface area (Å²) >= 11 is 0. The Morgan fingerprint density at radius 2 is 2.00 bits per heavy atom. The molecule has 0 unspecified atom stereocenters. The molecular formula is C18H19F3N6. The maximum absolute atomic E-state index is 13.2. The molecule has 0 aliphatic carbocycles. The molecule has 1 aliphatic heterocycles. The van der Waals surface area contributed by atoms with Gasteiger partial charge >= 0.3 is 6.18 Å². The number of allylic oxidation sites excluding steroid dienone is 1. The largest absolute Gasteiger partial charge is 0.433 e. The van der Waals surface area contributed by atoms with E-state index >= 15 is 0 Å². The summed E-state index contributed by atoms with van der Waals surface area (Å²) in [5, 5.41) is 15.9. The summed E-state index contributed by atoms with van der Waals surface area (Å²) in [5.41, 5.74) is 12.2. The topological polar surface area (TPSA) is 116 Å². The monoisotopic (exact) mass is 376 g/mol. The molecule has 27 heavy (non-hydrogen) atoms. The lowest BCUT2D eigenvalue weighted by atomic mass is 9.88. The van der Waals surface area contributed by atoms with E-state index in [0.29, 0.717) is 47.2 Å². The van der Waals surface area contributed by atoms with Gasteiger partial charge in [0.2, 0.25) is 0 Å². The van der Waals surface area contributed by atoms with Crippen LogP contribution in [0.2, 0.25) is 0 Å². The number of hydrogen-bond donors (Lipinski definition) is 4. The van der Waals surface area contributed by atoms with E-state index in [1.54, 1.807) is 12.1 Å². The molecule has 6 nitrogen and oxygen atoms in total. The van der Waals surface area contributed by atoms with Crippen molar-refractivity contribution < 1.29 is 13.2 Å². The van der Waals surface area contributed by atoms with Crippen molar-refractivity contribution in [2.45, 2.75) is 19.1 Å². The van der Waals surface area contributed by atoms with Crippen LogP contribution in [0, 0.1) is 10.8 Å². The van der Waals surface area contributed by atoms with Crippen molar-refractivity contribution in [1.82, 2.24) is 9.88 Å². The van der Waals surface area contributed by atoms with Gasteiger partial charge in [0, 0.05) is 47.7 Å². The number of nitrogen functional groups attached to an aromatic ring is 1. The minimum Gasteiger partial charge on any atom is -0.404 e. The van der Waals surface area contributed by atoms with Crippen molar-refractivity contribution in [3.05, 3.63) is 40.7 Å².